The third-order valence-corrected chi connectivity index (χ3v) is 3.55. The molecule has 1 aliphatic rings. The van der Waals surface area contributed by atoms with Crippen molar-refractivity contribution in [1.29, 1.82) is 0 Å². The zero-order chi connectivity index (χ0) is 12.5. The summed E-state index contributed by atoms with van der Waals surface area (Å²) in [4.78, 5) is 0. The Bertz CT molecular complexity index is 563. The molecule has 0 saturated carbocycles. The lowest BCUT2D eigenvalue weighted by Gasteiger charge is -2.30. The van der Waals surface area contributed by atoms with E-state index < -0.39 is 6.29 Å². The third-order valence-electron chi connectivity index (χ3n) is 3.55. The highest BCUT2D eigenvalue weighted by molar-refractivity contribution is 5.35. The number of benzene rings is 2. The van der Waals surface area contributed by atoms with E-state index in [-0.39, 0.29) is 6.10 Å². The monoisotopic (exact) mass is 240 g/mol. The van der Waals surface area contributed by atoms with Gasteiger partial charge >= 0.3 is 0 Å². The molecule has 3 rings (SSSR count). The molecule has 1 N–H and O–H groups in total. The van der Waals surface area contributed by atoms with Crippen molar-refractivity contribution in [3.8, 4) is 0 Å². The van der Waals surface area contributed by atoms with E-state index in [4.69, 9.17) is 4.74 Å². The second-order valence-corrected chi connectivity index (χ2v) is 4.74. The highest BCUT2D eigenvalue weighted by Crippen LogP contribution is 2.36. The number of rotatable bonds is 1. The molecule has 2 heteroatoms. The molecule has 0 saturated heterocycles. The average Bonchev–Trinajstić information content (AvgIpc) is 2.39. The van der Waals surface area contributed by atoms with Crippen molar-refractivity contribution >= 4 is 0 Å². The molecule has 0 aliphatic carbocycles. The Morgan fingerprint density at radius 3 is 2.44 bits per heavy atom. The normalized spacial score (nSPS) is 22.6. The number of hydrogen-bond donors (Lipinski definition) is 1. The Balaban J connectivity index is 1.97. The van der Waals surface area contributed by atoms with Gasteiger partial charge < -0.3 is 9.84 Å². The van der Waals surface area contributed by atoms with E-state index >= 15 is 0 Å². The van der Waals surface area contributed by atoms with Crippen molar-refractivity contribution in [3.05, 3.63) is 70.8 Å². The molecular weight excluding hydrogens is 224 g/mol. The van der Waals surface area contributed by atoms with E-state index in [2.05, 4.69) is 25.1 Å². The molecule has 0 bridgehead atoms. The molecule has 2 nitrogen and oxygen atoms in total. The lowest BCUT2D eigenvalue weighted by Crippen LogP contribution is -2.20. The van der Waals surface area contributed by atoms with Crippen LogP contribution >= 0.6 is 0 Å². The first-order valence-electron chi connectivity index (χ1n) is 6.22. The Morgan fingerprint density at radius 1 is 1.00 bits per heavy atom. The zero-order valence-corrected chi connectivity index (χ0v) is 10.3. The maximum Gasteiger partial charge on any atom is 0.182 e. The summed E-state index contributed by atoms with van der Waals surface area (Å²) in [6.07, 6.45) is -0.0615. The first-order valence-corrected chi connectivity index (χ1v) is 6.22. The molecule has 0 fully saturated rings. The van der Waals surface area contributed by atoms with Gasteiger partial charge in [0.25, 0.3) is 0 Å². The molecular formula is C16H16O2. The van der Waals surface area contributed by atoms with E-state index in [0.29, 0.717) is 0 Å². The van der Waals surface area contributed by atoms with Crippen molar-refractivity contribution in [2.75, 3.05) is 0 Å². The van der Waals surface area contributed by atoms with Crippen LogP contribution in [-0.2, 0) is 11.2 Å². The van der Waals surface area contributed by atoms with E-state index in [1.165, 1.54) is 11.1 Å². The zero-order valence-electron chi connectivity index (χ0n) is 10.3. The summed E-state index contributed by atoms with van der Waals surface area (Å²) >= 11 is 0. The van der Waals surface area contributed by atoms with Gasteiger partial charge in [0.05, 0.1) is 6.10 Å². The highest BCUT2D eigenvalue weighted by atomic mass is 16.6. The van der Waals surface area contributed by atoms with Crippen molar-refractivity contribution in [1.82, 2.24) is 0 Å². The molecule has 0 amide bonds. The number of fused-ring (bicyclic) bond motifs is 1. The highest BCUT2D eigenvalue weighted by Gasteiger charge is 2.27. The maximum absolute atomic E-state index is 10.1. The maximum atomic E-state index is 10.1. The van der Waals surface area contributed by atoms with Gasteiger partial charge in [-0.15, -0.1) is 0 Å². The molecule has 0 radical (unpaired) electrons. The Kier molecular flexibility index (Phi) is 2.90. The minimum Gasteiger partial charge on any atom is -0.364 e. The second kappa shape index (κ2) is 4.56. The lowest BCUT2D eigenvalue weighted by molar-refractivity contribution is -0.151. The first-order chi connectivity index (χ1) is 8.75. The van der Waals surface area contributed by atoms with Gasteiger partial charge in [-0.2, -0.15) is 0 Å². The fraction of sp³-hybridized carbons (Fsp3) is 0.250. The molecule has 0 spiro atoms. The summed E-state index contributed by atoms with van der Waals surface area (Å²) in [6.45, 7) is 2.07. The molecule has 2 aromatic rings. The van der Waals surface area contributed by atoms with E-state index in [1.807, 2.05) is 30.3 Å². The minimum atomic E-state index is -0.820. The van der Waals surface area contributed by atoms with Crippen molar-refractivity contribution in [2.45, 2.75) is 25.7 Å². The average molecular weight is 240 g/mol. The number of ether oxygens (including phenoxy) is 1. The van der Waals surface area contributed by atoms with Gasteiger partial charge in [0.2, 0.25) is 0 Å². The van der Waals surface area contributed by atoms with Crippen LogP contribution in [0.25, 0.3) is 0 Å². The quantitative estimate of drug-likeness (QED) is 0.828. The van der Waals surface area contributed by atoms with Gasteiger partial charge in [-0.25, -0.2) is 0 Å². The first kappa shape index (κ1) is 11.5. The van der Waals surface area contributed by atoms with Gasteiger partial charge in [-0.05, 0) is 23.6 Å². The van der Waals surface area contributed by atoms with Gasteiger partial charge in [-0.1, -0.05) is 48.5 Å². The second-order valence-electron chi connectivity index (χ2n) is 4.74. The molecule has 0 unspecified atom stereocenters. The summed E-state index contributed by atoms with van der Waals surface area (Å²) in [5.74, 6) is 0. The number of aliphatic hydroxyl groups excluding tert-OH is 1. The fourth-order valence-electron chi connectivity index (χ4n) is 2.57. The predicted octanol–water partition coefficient (Wildman–Crippen LogP) is 3.30. The molecule has 2 aromatic carbocycles. The number of aryl methyl sites for hydroxylation is 1. The summed E-state index contributed by atoms with van der Waals surface area (Å²) in [7, 11) is 0. The Morgan fingerprint density at radius 2 is 1.67 bits per heavy atom. The third kappa shape index (κ3) is 1.94. The number of hydrogen-bond acceptors (Lipinski definition) is 2. The molecule has 92 valence electrons. The largest absolute Gasteiger partial charge is 0.364 e. The molecule has 0 aromatic heterocycles. The van der Waals surface area contributed by atoms with Crippen LogP contribution in [0.3, 0.4) is 0 Å². The van der Waals surface area contributed by atoms with Crippen molar-refractivity contribution in [3.63, 3.8) is 0 Å². The van der Waals surface area contributed by atoms with Crippen molar-refractivity contribution < 1.29 is 9.84 Å². The summed E-state index contributed by atoms with van der Waals surface area (Å²) in [5.41, 5.74) is 4.42. The summed E-state index contributed by atoms with van der Waals surface area (Å²) in [6, 6.07) is 16.1. The summed E-state index contributed by atoms with van der Waals surface area (Å²) in [5, 5.41) is 10.1. The van der Waals surface area contributed by atoms with Crippen LogP contribution in [0.5, 0.6) is 0 Å². The van der Waals surface area contributed by atoms with Crippen LogP contribution in [0.4, 0.5) is 0 Å². The Hall–Kier alpha value is -1.64. The molecule has 1 heterocycles. The SMILES string of the molecule is Cc1ccccc1[C@H]1Cc2ccccc2[C@H](O)O1. The van der Waals surface area contributed by atoms with E-state index in [9.17, 15) is 5.11 Å². The predicted molar refractivity (Wildman–Crippen MR) is 70.1 cm³/mol. The smallest absolute Gasteiger partial charge is 0.182 e. The van der Waals surface area contributed by atoms with Crippen LogP contribution in [0, 0.1) is 6.92 Å². The minimum absolute atomic E-state index is 0.0592. The molecule has 18 heavy (non-hydrogen) atoms. The van der Waals surface area contributed by atoms with Crippen molar-refractivity contribution in [2.24, 2.45) is 0 Å². The van der Waals surface area contributed by atoms with Crippen LogP contribution in [0.15, 0.2) is 48.5 Å². The van der Waals surface area contributed by atoms with Crippen LogP contribution in [0.1, 0.15) is 34.6 Å². The van der Waals surface area contributed by atoms with Gasteiger partial charge in [0, 0.05) is 12.0 Å². The standard InChI is InChI=1S/C16H16O2/c1-11-6-2-4-8-13(11)15-10-12-7-3-5-9-14(12)16(17)18-15/h2-9,15-17H,10H2,1H3/t15-,16-/m1/s1. The van der Waals surface area contributed by atoms with Gasteiger partial charge in [-0.3, -0.25) is 0 Å². The van der Waals surface area contributed by atoms with Crippen LogP contribution < -0.4 is 0 Å². The number of aliphatic hydroxyl groups is 1. The summed E-state index contributed by atoms with van der Waals surface area (Å²) < 4.78 is 5.74. The van der Waals surface area contributed by atoms with Gasteiger partial charge in [0.15, 0.2) is 6.29 Å². The molecule has 2 atom stereocenters. The van der Waals surface area contributed by atoms with E-state index in [0.717, 1.165) is 17.5 Å². The van der Waals surface area contributed by atoms with Crippen LogP contribution in [-0.4, -0.2) is 5.11 Å². The lowest BCUT2D eigenvalue weighted by atomic mass is 9.92. The van der Waals surface area contributed by atoms with E-state index in [1.54, 1.807) is 0 Å². The topological polar surface area (TPSA) is 29.5 Å². The van der Waals surface area contributed by atoms with Gasteiger partial charge in [0.1, 0.15) is 0 Å². The van der Waals surface area contributed by atoms with Crippen LogP contribution in [0.2, 0.25) is 0 Å². The fourth-order valence-corrected chi connectivity index (χ4v) is 2.57. The Labute approximate surface area is 107 Å². The molecule has 1 aliphatic heterocycles.